The minimum atomic E-state index is -0.667. The van der Waals surface area contributed by atoms with Crippen molar-refractivity contribution in [2.45, 2.75) is 12.8 Å². The van der Waals surface area contributed by atoms with Gasteiger partial charge in [-0.25, -0.2) is 13.2 Å². The Bertz CT molecular complexity index is 635. The second-order valence-corrected chi connectivity index (χ2v) is 4.74. The Labute approximate surface area is 119 Å². The van der Waals surface area contributed by atoms with Crippen LogP contribution in [0.5, 0.6) is 0 Å². The molecule has 20 heavy (non-hydrogen) atoms. The van der Waals surface area contributed by atoms with Crippen molar-refractivity contribution in [3.8, 4) is 0 Å². The molecule has 0 radical (unpaired) electrons. The van der Waals surface area contributed by atoms with Gasteiger partial charge >= 0.3 is 0 Å². The maximum Gasteiger partial charge on any atom is 0.141 e. The second-order valence-electron chi connectivity index (χ2n) is 4.33. The number of carbonyl (C=O) groups is 1. The maximum atomic E-state index is 13.5. The molecular formula is C15H10ClF3O. The van der Waals surface area contributed by atoms with Crippen LogP contribution in [0.3, 0.4) is 0 Å². The fourth-order valence-corrected chi connectivity index (χ4v) is 2.08. The lowest BCUT2D eigenvalue weighted by Gasteiger charge is -2.06. The lowest BCUT2D eigenvalue weighted by Crippen LogP contribution is -2.10. The van der Waals surface area contributed by atoms with Crippen molar-refractivity contribution >= 4 is 17.4 Å². The van der Waals surface area contributed by atoms with E-state index in [1.807, 2.05) is 0 Å². The molecule has 0 amide bonds. The van der Waals surface area contributed by atoms with Crippen LogP contribution in [-0.4, -0.2) is 5.78 Å². The Morgan fingerprint density at radius 3 is 2.45 bits per heavy atom. The molecule has 0 aliphatic rings. The normalized spacial score (nSPS) is 10.6. The van der Waals surface area contributed by atoms with Crippen LogP contribution in [0.4, 0.5) is 13.2 Å². The zero-order valence-electron chi connectivity index (χ0n) is 10.3. The second kappa shape index (κ2) is 6.09. The molecule has 0 aliphatic heterocycles. The van der Waals surface area contributed by atoms with E-state index in [0.29, 0.717) is 0 Å². The van der Waals surface area contributed by atoms with E-state index in [2.05, 4.69) is 0 Å². The summed E-state index contributed by atoms with van der Waals surface area (Å²) >= 11 is 5.81. The smallest absolute Gasteiger partial charge is 0.141 e. The molecule has 0 aliphatic carbocycles. The first-order valence-electron chi connectivity index (χ1n) is 5.86. The molecule has 1 nitrogen and oxygen atoms in total. The number of rotatable bonds is 4. The summed E-state index contributed by atoms with van der Waals surface area (Å²) in [5, 5.41) is 0.137. The number of carbonyl (C=O) groups excluding carboxylic acids is 1. The third-order valence-corrected chi connectivity index (χ3v) is 3.19. The number of hydrogen-bond donors (Lipinski definition) is 0. The zero-order valence-corrected chi connectivity index (χ0v) is 11.1. The first-order chi connectivity index (χ1) is 9.47. The number of ketones is 1. The number of Topliss-reactive ketones (excluding diaryl/α,β-unsaturated/α-hetero) is 1. The fraction of sp³-hybridized carbons (Fsp3) is 0.133. The monoisotopic (exact) mass is 298 g/mol. The van der Waals surface area contributed by atoms with Crippen LogP contribution >= 0.6 is 11.6 Å². The highest BCUT2D eigenvalue weighted by Crippen LogP contribution is 2.20. The highest BCUT2D eigenvalue weighted by molar-refractivity contribution is 6.31. The van der Waals surface area contributed by atoms with Gasteiger partial charge in [-0.05, 0) is 35.9 Å². The molecule has 0 atom stereocenters. The lowest BCUT2D eigenvalue weighted by molar-refractivity contribution is -0.117. The molecule has 104 valence electrons. The number of hydrogen-bond acceptors (Lipinski definition) is 1. The Morgan fingerprint density at radius 2 is 1.75 bits per heavy atom. The quantitative estimate of drug-likeness (QED) is 0.830. The van der Waals surface area contributed by atoms with Crippen LogP contribution in [0.2, 0.25) is 5.02 Å². The van der Waals surface area contributed by atoms with E-state index < -0.39 is 23.2 Å². The third-order valence-electron chi connectivity index (χ3n) is 2.83. The first kappa shape index (κ1) is 14.6. The van der Waals surface area contributed by atoms with E-state index in [1.54, 1.807) is 0 Å². The SMILES string of the molecule is O=C(Cc1cc(F)ccc1F)Cc1c(F)cccc1Cl. The minimum Gasteiger partial charge on any atom is -0.299 e. The highest BCUT2D eigenvalue weighted by atomic mass is 35.5. The van der Waals surface area contributed by atoms with Crippen LogP contribution in [-0.2, 0) is 17.6 Å². The van der Waals surface area contributed by atoms with Gasteiger partial charge in [-0.2, -0.15) is 0 Å². The summed E-state index contributed by atoms with van der Waals surface area (Å²) in [5.41, 5.74) is 0.0124. The van der Waals surface area contributed by atoms with Crippen molar-refractivity contribution in [2.24, 2.45) is 0 Å². The molecule has 0 spiro atoms. The van der Waals surface area contributed by atoms with Gasteiger partial charge in [-0.1, -0.05) is 17.7 Å². The maximum absolute atomic E-state index is 13.5. The van der Waals surface area contributed by atoms with Crippen LogP contribution in [0.15, 0.2) is 36.4 Å². The van der Waals surface area contributed by atoms with Gasteiger partial charge < -0.3 is 0 Å². The van der Waals surface area contributed by atoms with Crippen molar-refractivity contribution < 1.29 is 18.0 Å². The molecule has 0 fully saturated rings. The summed E-state index contributed by atoms with van der Waals surface area (Å²) in [4.78, 5) is 11.8. The van der Waals surface area contributed by atoms with E-state index in [9.17, 15) is 18.0 Å². The molecule has 5 heteroatoms. The predicted molar refractivity (Wildman–Crippen MR) is 70.2 cm³/mol. The molecule has 0 saturated carbocycles. The van der Waals surface area contributed by atoms with Crippen LogP contribution in [0, 0.1) is 17.5 Å². The molecule has 0 bridgehead atoms. The summed E-state index contributed by atoms with van der Waals surface area (Å²) in [6, 6.07) is 6.96. The standard InChI is InChI=1S/C15H10ClF3O/c16-13-2-1-3-15(19)12(13)8-11(20)7-9-6-10(17)4-5-14(9)18/h1-6H,7-8H2. The molecule has 0 N–H and O–H groups in total. The molecular weight excluding hydrogens is 289 g/mol. The lowest BCUT2D eigenvalue weighted by atomic mass is 10.0. The fourth-order valence-electron chi connectivity index (χ4n) is 1.85. The average Bonchev–Trinajstić information content (AvgIpc) is 2.38. The van der Waals surface area contributed by atoms with E-state index >= 15 is 0 Å². The van der Waals surface area contributed by atoms with E-state index in [4.69, 9.17) is 11.6 Å². The van der Waals surface area contributed by atoms with Crippen molar-refractivity contribution in [1.82, 2.24) is 0 Å². The number of halogens is 4. The molecule has 2 rings (SSSR count). The highest BCUT2D eigenvalue weighted by Gasteiger charge is 2.14. The first-order valence-corrected chi connectivity index (χ1v) is 6.23. The zero-order chi connectivity index (χ0) is 14.7. The Kier molecular flexibility index (Phi) is 4.45. The summed E-state index contributed by atoms with van der Waals surface area (Å²) in [6.45, 7) is 0. The van der Waals surface area contributed by atoms with Gasteiger partial charge in [-0.15, -0.1) is 0 Å². The van der Waals surface area contributed by atoms with Crippen LogP contribution in [0.25, 0.3) is 0 Å². The van der Waals surface area contributed by atoms with Crippen LogP contribution in [0.1, 0.15) is 11.1 Å². The average molecular weight is 299 g/mol. The molecule has 0 saturated heterocycles. The number of benzene rings is 2. The van der Waals surface area contributed by atoms with E-state index in [-0.39, 0.29) is 29.0 Å². The van der Waals surface area contributed by atoms with Gasteiger partial charge in [0.15, 0.2) is 0 Å². The van der Waals surface area contributed by atoms with Crippen molar-refractivity contribution in [2.75, 3.05) is 0 Å². The van der Waals surface area contributed by atoms with Gasteiger partial charge in [0.1, 0.15) is 23.2 Å². The van der Waals surface area contributed by atoms with Gasteiger partial charge in [0.05, 0.1) is 0 Å². The van der Waals surface area contributed by atoms with Crippen molar-refractivity contribution in [3.63, 3.8) is 0 Å². The van der Waals surface area contributed by atoms with E-state index in [1.165, 1.54) is 18.2 Å². The van der Waals surface area contributed by atoms with Crippen molar-refractivity contribution in [3.05, 3.63) is 70.0 Å². The van der Waals surface area contributed by atoms with Gasteiger partial charge in [-0.3, -0.25) is 4.79 Å². The molecule has 0 heterocycles. The third kappa shape index (κ3) is 3.39. The minimum absolute atomic E-state index is 0.0533. The topological polar surface area (TPSA) is 17.1 Å². The molecule has 0 unspecified atom stereocenters. The summed E-state index contributed by atoms with van der Waals surface area (Å²) in [5.74, 6) is -2.33. The summed E-state index contributed by atoms with van der Waals surface area (Å²) in [6.07, 6.45) is -0.574. The largest absolute Gasteiger partial charge is 0.299 e. The van der Waals surface area contributed by atoms with Crippen LogP contribution < -0.4 is 0 Å². The molecule has 0 aromatic heterocycles. The van der Waals surface area contributed by atoms with Gasteiger partial charge in [0.2, 0.25) is 0 Å². The predicted octanol–water partition coefficient (Wildman–Crippen LogP) is 4.11. The van der Waals surface area contributed by atoms with E-state index in [0.717, 1.165) is 18.2 Å². The van der Waals surface area contributed by atoms with Crippen molar-refractivity contribution in [1.29, 1.82) is 0 Å². The summed E-state index contributed by atoms with van der Waals surface area (Å²) < 4.78 is 39.9. The molecule has 2 aromatic carbocycles. The van der Waals surface area contributed by atoms with Gasteiger partial charge in [0, 0.05) is 23.4 Å². The summed E-state index contributed by atoms with van der Waals surface area (Å²) in [7, 11) is 0. The molecule has 2 aromatic rings. The Balaban J connectivity index is 2.15. The Hall–Kier alpha value is -1.81. The Morgan fingerprint density at radius 1 is 1.00 bits per heavy atom. The van der Waals surface area contributed by atoms with Gasteiger partial charge in [0.25, 0.3) is 0 Å².